The predicted molar refractivity (Wildman–Crippen MR) is 91.0 cm³/mol. The van der Waals surface area contributed by atoms with Gasteiger partial charge >= 0.3 is 0 Å². The largest absolute Gasteiger partial charge is 0.495 e. The van der Waals surface area contributed by atoms with E-state index in [-0.39, 0.29) is 18.1 Å². The number of hydrogen-bond donors (Lipinski definition) is 1. The van der Waals surface area contributed by atoms with E-state index in [4.69, 9.17) is 19.6 Å². The van der Waals surface area contributed by atoms with Crippen LogP contribution in [0, 0.1) is 0 Å². The number of carbonyl (C=O) groups excluding carboxylic acids is 1. The zero-order valence-electron chi connectivity index (χ0n) is 14.1. The van der Waals surface area contributed by atoms with Crippen LogP contribution in [0.4, 0.5) is 5.69 Å². The van der Waals surface area contributed by atoms with Gasteiger partial charge in [-0.15, -0.1) is 0 Å². The third-order valence-corrected chi connectivity index (χ3v) is 4.04. The Balaban J connectivity index is 1.80. The lowest BCUT2D eigenvalue weighted by Crippen LogP contribution is -2.48. The van der Waals surface area contributed by atoms with Gasteiger partial charge in [-0.3, -0.25) is 4.79 Å². The van der Waals surface area contributed by atoms with Gasteiger partial charge in [0, 0.05) is 18.7 Å². The highest BCUT2D eigenvalue weighted by Gasteiger charge is 2.28. The van der Waals surface area contributed by atoms with Crippen LogP contribution in [0.5, 0.6) is 5.75 Å². The fourth-order valence-electron chi connectivity index (χ4n) is 3.00. The van der Waals surface area contributed by atoms with Crippen molar-refractivity contribution in [2.24, 2.45) is 0 Å². The molecule has 0 aliphatic carbocycles. The average molecular weight is 330 g/mol. The molecule has 0 unspecified atom stereocenters. The topological polar surface area (TPSA) is 77.9 Å². The maximum atomic E-state index is 12.6. The van der Waals surface area contributed by atoms with Crippen LogP contribution in [0.25, 0.3) is 11.3 Å². The number of carbonyl (C=O) groups is 1. The molecule has 1 aliphatic heterocycles. The molecule has 1 aromatic carbocycles. The SMILES string of the molecule is COc1ccc(-c2ccc(C(=O)N3C[C@@H](C)O[C@H](C)C3)o2)cc1N. The van der Waals surface area contributed by atoms with Crippen LogP contribution in [-0.4, -0.2) is 43.2 Å². The first-order chi connectivity index (χ1) is 11.5. The number of hydrogen-bond acceptors (Lipinski definition) is 5. The quantitative estimate of drug-likeness (QED) is 0.876. The van der Waals surface area contributed by atoms with Crippen LogP contribution in [-0.2, 0) is 4.74 Å². The van der Waals surface area contributed by atoms with Crippen molar-refractivity contribution in [2.75, 3.05) is 25.9 Å². The number of nitrogens with zero attached hydrogens (tertiary/aromatic N) is 1. The summed E-state index contributed by atoms with van der Waals surface area (Å²) in [5, 5.41) is 0. The first kappa shape index (κ1) is 16.4. The Morgan fingerprint density at radius 2 is 1.92 bits per heavy atom. The minimum atomic E-state index is -0.121. The number of benzene rings is 1. The Labute approximate surface area is 141 Å². The molecule has 1 fully saturated rings. The Bertz CT molecular complexity index is 730. The van der Waals surface area contributed by atoms with Crippen LogP contribution >= 0.6 is 0 Å². The van der Waals surface area contributed by atoms with Gasteiger partial charge in [0.25, 0.3) is 5.91 Å². The second kappa shape index (κ2) is 6.57. The van der Waals surface area contributed by atoms with Crippen molar-refractivity contribution in [1.29, 1.82) is 0 Å². The maximum absolute atomic E-state index is 12.6. The van der Waals surface area contributed by atoms with Crippen molar-refractivity contribution in [2.45, 2.75) is 26.1 Å². The summed E-state index contributed by atoms with van der Waals surface area (Å²) in [4.78, 5) is 14.4. The van der Waals surface area contributed by atoms with Crippen molar-refractivity contribution in [1.82, 2.24) is 4.90 Å². The molecule has 1 amide bonds. The highest BCUT2D eigenvalue weighted by molar-refractivity contribution is 5.92. The predicted octanol–water partition coefficient (Wildman–Crippen LogP) is 2.79. The van der Waals surface area contributed by atoms with E-state index in [0.717, 1.165) is 5.56 Å². The first-order valence-electron chi connectivity index (χ1n) is 7.96. The lowest BCUT2D eigenvalue weighted by molar-refractivity contribution is -0.0592. The highest BCUT2D eigenvalue weighted by Crippen LogP contribution is 2.30. The van der Waals surface area contributed by atoms with Crippen molar-refractivity contribution in [3.05, 3.63) is 36.1 Å². The van der Waals surface area contributed by atoms with Crippen molar-refractivity contribution in [3.63, 3.8) is 0 Å². The van der Waals surface area contributed by atoms with E-state index >= 15 is 0 Å². The smallest absolute Gasteiger partial charge is 0.289 e. The van der Waals surface area contributed by atoms with E-state index < -0.39 is 0 Å². The van der Waals surface area contributed by atoms with Crippen LogP contribution in [0.1, 0.15) is 24.4 Å². The maximum Gasteiger partial charge on any atom is 0.289 e. The molecule has 0 bridgehead atoms. The third-order valence-electron chi connectivity index (χ3n) is 4.04. The molecule has 2 atom stereocenters. The van der Waals surface area contributed by atoms with Gasteiger partial charge in [-0.05, 0) is 44.2 Å². The second-order valence-corrected chi connectivity index (χ2v) is 6.09. The number of ether oxygens (including phenoxy) is 2. The number of methoxy groups -OCH3 is 1. The molecule has 1 aliphatic rings. The highest BCUT2D eigenvalue weighted by atomic mass is 16.5. The molecule has 2 aromatic rings. The Hall–Kier alpha value is -2.47. The Kier molecular flexibility index (Phi) is 4.49. The summed E-state index contributed by atoms with van der Waals surface area (Å²) in [7, 11) is 1.57. The van der Waals surface area contributed by atoms with Gasteiger partial charge in [-0.25, -0.2) is 0 Å². The van der Waals surface area contributed by atoms with Gasteiger partial charge < -0.3 is 24.5 Å². The van der Waals surface area contributed by atoms with Gasteiger partial charge in [0.15, 0.2) is 5.76 Å². The Morgan fingerprint density at radius 1 is 1.21 bits per heavy atom. The molecule has 3 rings (SSSR count). The number of furan rings is 1. The van der Waals surface area contributed by atoms with E-state index in [1.807, 2.05) is 19.9 Å². The van der Waals surface area contributed by atoms with Crippen molar-refractivity contribution in [3.8, 4) is 17.1 Å². The molecule has 0 spiro atoms. The standard InChI is InChI=1S/C18H22N2O4/c1-11-9-20(10-12(2)23-11)18(21)17-7-6-15(24-17)13-4-5-16(22-3)14(19)8-13/h4-8,11-12H,9-10,19H2,1-3H3/t11-,12-/m1/s1. The molecule has 2 heterocycles. The van der Waals surface area contributed by atoms with E-state index in [2.05, 4.69) is 0 Å². The molecular weight excluding hydrogens is 308 g/mol. The van der Waals surface area contributed by atoms with Gasteiger partial charge in [0.2, 0.25) is 0 Å². The summed E-state index contributed by atoms with van der Waals surface area (Å²) in [6, 6.07) is 8.87. The molecule has 128 valence electrons. The van der Waals surface area contributed by atoms with Gasteiger partial charge in [0.1, 0.15) is 11.5 Å². The van der Waals surface area contributed by atoms with Gasteiger partial charge in [0.05, 0.1) is 25.0 Å². The van der Waals surface area contributed by atoms with Crippen LogP contribution in [0.3, 0.4) is 0 Å². The summed E-state index contributed by atoms with van der Waals surface area (Å²) in [6.45, 7) is 5.05. The molecule has 6 heteroatoms. The number of rotatable bonds is 3. The lowest BCUT2D eigenvalue weighted by atomic mass is 10.1. The van der Waals surface area contributed by atoms with Crippen LogP contribution in [0.2, 0.25) is 0 Å². The minimum absolute atomic E-state index is 0.0218. The molecule has 24 heavy (non-hydrogen) atoms. The normalized spacial score (nSPS) is 20.9. The molecule has 1 aromatic heterocycles. The zero-order chi connectivity index (χ0) is 17.3. The van der Waals surface area contributed by atoms with E-state index in [1.165, 1.54) is 0 Å². The summed E-state index contributed by atoms with van der Waals surface area (Å²) in [5.41, 5.74) is 7.25. The van der Waals surface area contributed by atoms with Crippen LogP contribution in [0.15, 0.2) is 34.7 Å². The number of nitrogens with two attached hydrogens (primary N) is 1. The second-order valence-electron chi connectivity index (χ2n) is 6.09. The van der Waals surface area contributed by atoms with Gasteiger partial charge in [-0.1, -0.05) is 0 Å². The lowest BCUT2D eigenvalue weighted by Gasteiger charge is -2.34. The zero-order valence-corrected chi connectivity index (χ0v) is 14.1. The number of nitrogen functional groups attached to an aromatic ring is 1. The first-order valence-corrected chi connectivity index (χ1v) is 7.96. The fourth-order valence-corrected chi connectivity index (χ4v) is 3.00. The summed E-state index contributed by atoms with van der Waals surface area (Å²) >= 11 is 0. The van der Waals surface area contributed by atoms with Crippen LogP contribution < -0.4 is 10.5 Å². The monoisotopic (exact) mass is 330 g/mol. The van der Waals surface area contributed by atoms with Crippen molar-refractivity contribution >= 4 is 11.6 Å². The number of morpholine rings is 1. The van der Waals surface area contributed by atoms with Crippen molar-refractivity contribution < 1.29 is 18.7 Å². The number of anilines is 1. The third kappa shape index (κ3) is 3.23. The molecule has 2 N–H and O–H groups in total. The summed E-state index contributed by atoms with van der Waals surface area (Å²) in [5.74, 6) is 1.41. The average Bonchev–Trinajstić information content (AvgIpc) is 3.03. The van der Waals surface area contributed by atoms with Gasteiger partial charge in [-0.2, -0.15) is 0 Å². The fraction of sp³-hybridized carbons (Fsp3) is 0.389. The molecule has 6 nitrogen and oxygen atoms in total. The molecule has 1 saturated heterocycles. The summed E-state index contributed by atoms with van der Waals surface area (Å²) in [6.07, 6.45) is 0.0436. The Morgan fingerprint density at radius 3 is 2.54 bits per heavy atom. The molecule has 0 saturated carbocycles. The summed E-state index contributed by atoms with van der Waals surface area (Å²) < 4.78 is 16.6. The minimum Gasteiger partial charge on any atom is -0.495 e. The van der Waals surface area contributed by atoms with E-state index in [1.54, 1.807) is 36.3 Å². The van der Waals surface area contributed by atoms with E-state index in [9.17, 15) is 4.79 Å². The number of amides is 1. The molecule has 0 radical (unpaired) electrons. The van der Waals surface area contributed by atoms with E-state index in [0.29, 0.717) is 36.0 Å². The molecular formula is C18H22N2O4.